The van der Waals surface area contributed by atoms with Gasteiger partial charge in [-0.05, 0) is 30.9 Å². The highest BCUT2D eigenvalue weighted by Gasteiger charge is 2.54. The van der Waals surface area contributed by atoms with Gasteiger partial charge in [0.2, 0.25) is 0 Å². The first-order valence-corrected chi connectivity index (χ1v) is 7.60. The van der Waals surface area contributed by atoms with Crippen LogP contribution in [0, 0.1) is 11.3 Å². The Kier molecular flexibility index (Phi) is 3.76. The third-order valence-electron chi connectivity index (χ3n) is 4.99. The predicted octanol–water partition coefficient (Wildman–Crippen LogP) is 1.95. The summed E-state index contributed by atoms with van der Waals surface area (Å²) in [5, 5.41) is 9.08. The van der Waals surface area contributed by atoms with E-state index in [9.17, 15) is 9.59 Å². The standard InChI is InChI=1S/C16H20N2O4/c1-22-15(21)16-8-3-2-5-11(16)9-18(10-16)13-7-4-6-12(17-13)14(19)20/h4,6-7,11H,2-3,5,8-10H2,1H3,(H,19,20)/t11-,16-/m1/s1. The molecule has 2 aliphatic rings. The van der Waals surface area contributed by atoms with Crippen LogP contribution in [0.25, 0.3) is 0 Å². The number of aromatic nitrogens is 1. The Balaban J connectivity index is 1.90. The Bertz CT molecular complexity index is 604. The van der Waals surface area contributed by atoms with Crippen LogP contribution >= 0.6 is 0 Å². The van der Waals surface area contributed by atoms with Crippen LogP contribution in [0.3, 0.4) is 0 Å². The molecule has 6 nitrogen and oxygen atoms in total. The number of methoxy groups -OCH3 is 1. The number of nitrogens with zero attached hydrogens (tertiary/aromatic N) is 2. The Morgan fingerprint density at radius 3 is 2.95 bits per heavy atom. The van der Waals surface area contributed by atoms with Crippen molar-refractivity contribution in [2.24, 2.45) is 11.3 Å². The summed E-state index contributed by atoms with van der Waals surface area (Å²) in [4.78, 5) is 29.7. The van der Waals surface area contributed by atoms with Gasteiger partial charge in [0.05, 0.1) is 12.5 Å². The Morgan fingerprint density at radius 1 is 1.41 bits per heavy atom. The van der Waals surface area contributed by atoms with Crippen LogP contribution in [-0.2, 0) is 9.53 Å². The van der Waals surface area contributed by atoms with Crippen molar-refractivity contribution in [2.45, 2.75) is 25.7 Å². The van der Waals surface area contributed by atoms with Gasteiger partial charge >= 0.3 is 11.9 Å². The molecule has 2 fully saturated rings. The lowest BCUT2D eigenvalue weighted by molar-refractivity contribution is -0.156. The molecule has 0 aromatic carbocycles. The van der Waals surface area contributed by atoms with Crippen LogP contribution < -0.4 is 4.90 Å². The van der Waals surface area contributed by atoms with Crippen molar-refractivity contribution >= 4 is 17.8 Å². The van der Waals surface area contributed by atoms with Gasteiger partial charge in [-0.1, -0.05) is 18.9 Å². The molecule has 0 bridgehead atoms. The van der Waals surface area contributed by atoms with Gasteiger partial charge in [-0.2, -0.15) is 0 Å². The Labute approximate surface area is 129 Å². The van der Waals surface area contributed by atoms with Crippen molar-refractivity contribution in [3.05, 3.63) is 23.9 Å². The number of anilines is 1. The Morgan fingerprint density at radius 2 is 2.23 bits per heavy atom. The fourth-order valence-electron chi connectivity index (χ4n) is 3.89. The summed E-state index contributed by atoms with van der Waals surface area (Å²) in [5.74, 6) is -0.309. The van der Waals surface area contributed by atoms with Crippen LogP contribution in [-0.4, -0.2) is 42.2 Å². The SMILES string of the molecule is COC(=O)[C@@]12CCCC[C@@H]1CN(c1cccc(C(=O)O)n1)C2. The molecule has 2 heterocycles. The Hall–Kier alpha value is -2.11. The lowest BCUT2D eigenvalue weighted by atomic mass is 9.68. The minimum Gasteiger partial charge on any atom is -0.477 e. The lowest BCUT2D eigenvalue weighted by Gasteiger charge is -2.35. The molecule has 1 aromatic heterocycles. The van der Waals surface area contributed by atoms with Crippen molar-refractivity contribution in [3.8, 4) is 0 Å². The third kappa shape index (κ3) is 2.32. The molecule has 1 saturated carbocycles. The summed E-state index contributed by atoms with van der Waals surface area (Å²) in [6, 6.07) is 4.97. The summed E-state index contributed by atoms with van der Waals surface area (Å²) in [5.41, 5.74) is -0.437. The molecule has 1 saturated heterocycles. The van der Waals surface area contributed by atoms with E-state index in [2.05, 4.69) is 4.98 Å². The number of aromatic carboxylic acids is 1. The maximum atomic E-state index is 12.4. The molecular formula is C16H20N2O4. The molecular weight excluding hydrogens is 284 g/mol. The second-order valence-electron chi connectivity index (χ2n) is 6.16. The van der Waals surface area contributed by atoms with E-state index < -0.39 is 11.4 Å². The minimum absolute atomic E-state index is 0.0273. The van der Waals surface area contributed by atoms with Gasteiger partial charge in [0.25, 0.3) is 0 Å². The number of carbonyl (C=O) groups excluding carboxylic acids is 1. The van der Waals surface area contributed by atoms with E-state index in [-0.39, 0.29) is 17.6 Å². The predicted molar refractivity (Wildman–Crippen MR) is 79.8 cm³/mol. The molecule has 118 valence electrons. The van der Waals surface area contributed by atoms with Crippen molar-refractivity contribution in [3.63, 3.8) is 0 Å². The second-order valence-corrected chi connectivity index (χ2v) is 6.16. The summed E-state index contributed by atoms with van der Waals surface area (Å²) in [6.45, 7) is 1.28. The second kappa shape index (κ2) is 5.59. The molecule has 6 heteroatoms. The van der Waals surface area contributed by atoms with Gasteiger partial charge in [-0.25, -0.2) is 9.78 Å². The average molecular weight is 304 g/mol. The molecule has 1 N–H and O–H groups in total. The molecule has 0 spiro atoms. The number of carboxylic acid groups (broad SMARTS) is 1. The van der Waals surface area contributed by atoms with Crippen LogP contribution in [0.1, 0.15) is 36.2 Å². The maximum absolute atomic E-state index is 12.4. The summed E-state index contributed by atoms with van der Waals surface area (Å²) < 4.78 is 5.06. The number of hydrogen-bond acceptors (Lipinski definition) is 5. The van der Waals surface area contributed by atoms with E-state index in [0.29, 0.717) is 12.4 Å². The maximum Gasteiger partial charge on any atom is 0.354 e. The monoisotopic (exact) mass is 304 g/mol. The van der Waals surface area contributed by atoms with E-state index in [1.165, 1.54) is 13.2 Å². The average Bonchev–Trinajstić information content (AvgIpc) is 2.95. The van der Waals surface area contributed by atoms with Gasteiger partial charge in [0.15, 0.2) is 5.69 Å². The third-order valence-corrected chi connectivity index (χ3v) is 4.99. The van der Waals surface area contributed by atoms with Crippen LogP contribution in [0.15, 0.2) is 18.2 Å². The molecule has 1 aliphatic heterocycles. The largest absolute Gasteiger partial charge is 0.477 e. The first-order chi connectivity index (χ1) is 10.6. The number of carbonyl (C=O) groups is 2. The zero-order valence-electron chi connectivity index (χ0n) is 12.6. The minimum atomic E-state index is -1.04. The zero-order chi connectivity index (χ0) is 15.7. The number of carboxylic acids is 1. The van der Waals surface area contributed by atoms with Gasteiger partial charge in [-0.3, -0.25) is 4.79 Å². The summed E-state index contributed by atoms with van der Waals surface area (Å²) in [6.07, 6.45) is 3.99. The number of fused-ring (bicyclic) bond motifs is 1. The van der Waals surface area contributed by atoms with Gasteiger partial charge < -0.3 is 14.7 Å². The molecule has 3 rings (SSSR count). The number of hydrogen-bond donors (Lipinski definition) is 1. The van der Waals surface area contributed by atoms with Crippen LogP contribution in [0.4, 0.5) is 5.82 Å². The highest BCUT2D eigenvalue weighted by molar-refractivity contribution is 5.86. The number of ether oxygens (including phenoxy) is 1. The summed E-state index contributed by atoms with van der Waals surface area (Å²) in [7, 11) is 1.44. The molecule has 0 amide bonds. The fraction of sp³-hybridized carbons (Fsp3) is 0.562. The quantitative estimate of drug-likeness (QED) is 0.860. The van der Waals surface area contributed by atoms with Gasteiger partial charge in [0, 0.05) is 13.1 Å². The van der Waals surface area contributed by atoms with E-state index in [1.54, 1.807) is 12.1 Å². The smallest absolute Gasteiger partial charge is 0.354 e. The normalized spacial score (nSPS) is 27.3. The molecule has 2 atom stereocenters. The van der Waals surface area contributed by atoms with Crippen molar-refractivity contribution in [2.75, 3.05) is 25.1 Å². The number of esters is 1. The molecule has 1 aliphatic carbocycles. The zero-order valence-corrected chi connectivity index (χ0v) is 12.6. The first kappa shape index (κ1) is 14.8. The first-order valence-electron chi connectivity index (χ1n) is 7.60. The highest BCUT2D eigenvalue weighted by Crippen LogP contribution is 2.48. The molecule has 1 aromatic rings. The van der Waals surface area contributed by atoms with Crippen molar-refractivity contribution in [1.82, 2.24) is 4.98 Å². The van der Waals surface area contributed by atoms with E-state index >= 15 is 0 Å². The number of pyridine rings is 1. The van der Waals surface area contributed by atoms with E-state index in [4.69, 9.17) is 9.84 Å². The molecule has 22 heavy (non-hydrogen) atoms. The highest BCUT2D eigenvalue weighted by atomic mass is 16.5. The van der Waals surface area contributed by atoms with Gasteiger partial charge in [-0.15, -0.1) is 0 Å². The molecule has 0 unspecified atom stereocenters. The van der Waals surface area contributed by atoms with Crippen LogP contribution in [0.2, 0.25) is 0 Å². The van der Waals surface area contributed by atoms with Gasteiger partial charge in [0.1, 0.15) is 5.82 Å². The van der Waals surface area contributed by atoms with Crippen molar-refractivity contribution in [1.29, 1.82) is 0 Å². The van der Waals surface area contributed by atoms with E-state index in [0.717, 1.165) is 32.2 Å². The summed E-state index contributed by atoms with van der Waals surface area (Å²) >= 11 is 0. The van der Waals surface area contributed by atoms with Crippen LogP contribution in [0.5, 0.6) is 0 Å². The fourth-order valence-corrected chi connectivity index (χ4v) is 3.89. The number of rotatable bonds is 3. The van der Waals surface area contributed by atoms with E-state index in [1.807, 2.05) is 4.90 Å². The topological polar surface area (TPSA) is 79.7 Å². The molecule has 0 radical (unpaired) electrons. The lowest BCUT2D eigenvalue weighted by Crippen LogP contribution is -2.42. The van der Waals surface area contributed by atoms with Crippen molar-refractivity contribution < 1.29 is 19.4 Å².